The van der Waals surface area contributed by atoms with E-state index in [2.05, 4.69) is 20.4 Å². The summed E-state index contributed by atoms with van der Waals surface area (Å²) in [5, 5.41) is 7.21. The maximum atomic E-state index is 12.5. The highest BCUT2D eigenvalue weighted by molar-refractivity contribution is 5.99. The minimum Gasteiger partial charge on any atom is -0.345 e. The zero-order chi connectivity index (χ0) is 15.7. The quantitative estimate of drug-likeness (QED) is 0.804. The fourth-order valence-corrected chi connectivity index (χ4v) is 2.44. The minimum atomic E-state index is -0.184. The van der Waals surface area contributed by atoms with Crippen molar-refractivity contribution in [1.29, 1.82) is 0 Å². The molecule has 112 valence electrons. The molecule has 1 N–H and O–H groups in total. The second-order valence-corrected chi connectivity index (χ2v) is 5.31. The first-order valence-electron chi connectivity index (χ1n) is 7.09. The molecular weight excluding hydrogens is 278 g/mol. The molecule has 1 atom stereocenters. The van der Waals surface area contributed by atoms with Gasteiger partial charge in [-0.2, -0.15) is 5.10 Å². The number of hydrogen-bond donors (Lipinski definition) is 1. The van der Waals surface area contributed by atoms with E-state index >= 15 is 0 Å². The summed E-state index contributed by atoms with van der Waals surface area (Å²) in [6.07, 6.45) is 4.98. The van der Waals surface area contributed by atoms with E-state index in [0.717, 1.165) is 17.0 Å². The van der Waals surface area contributed by atoms with Crippen molar-refractivity contribution in [2.75, 3.05) is 0 Å². The predicted octanol–water partition coefficient (Wildman–Crippen LogP) is 2.23. The number of aryl methyl sites for hydroxylation is 2. The van der Waals surface area contributed by atoms with Crippen LogP contribution in [0.25, 0.3) is 5.65 Å². The smallest absolute Gasteiger partial charge is 0.257 e. The summed E-state index contributed by atoms with van der Waals surface area (Å²) in [5.74, 6) is -0.184. The summed E-state index contributed by atoms with van der Waals surface area (Å²) in [5.41, 5.74) is 3.87. The molecule has 0 aliphatic rings. The van der Waals surface area contributed by atoms with Gasteiger partial charge < -0.3 is 5.32 Å². The Balaban J connectivity index is 1.90. The molecule has 1 amide bonds. The standard InChI is InChI=1S/C16H17N5O/c1-10-8-11(2)21-15(19-10)14(9-18-21)16(22)20-12(3)13-4-6-17-7-5-13/h4-9,12H,1-3H3,(H,20,22)/t12-/m1/s1. The molecule has 3 heterocycles. The van der Waals surface area contributed by atoms with Crippen LogP contribution < -0.4 is 5.32 Å². The Hall–Kier alpha value is -2.76. The molecule has 0 saturated heterocycles. The number of carbonyl (C=O) groups excluding carboxylic acids is 1. The van der Waals surface area contributed by atoms with Gasteiger partial charge in [0.15, 0.2) is 5.65 Å². The van der Waals surface area contributed by atoms with Gasteiger partial charge in [-0.25, -0.2) is 9.50 Å². The number of nitrogens with zero attached hydrogens (tertiary/aromatic N) is 4. The number of pyridine rings is 1. The van der Waals surface area contributed by atoms with Crippen LogP contribution in [0, 0.1) is 13.8 Å². The average Bonchev–Trinajstić information content (AvgIpc) is 2.92. The Bertz CT molecular complexity index is 825. The first-order valence-corrected chi connectivity index (χ1v) is 7.09. The van der Waals surface area contributed by atoms with Gasteiger partial charge >= 0.3 is 0 Å². The zero-order valence-corrected chi connectivity index (χ0v) is 12.7. The Kier molecular flexibility index (Phi) is 3.58. The Morgan fingerprint density at radius 2 is 2.00 bits per heavy atom. The number of hydrogen-bond acceptors (Lipinski definition) is 4. The molecule has 0 aromatic carbocycles. The first-order chi connectivity index (χ1) is 10.6. The van der Waals surface area contributed by atoms with Gasteiger partial charge in [0.1, 0.15) is 5.56 Å². The van der Waals surface area contributed by atoms with Crippen LogP contribution in [0.2, 0.25) is 0 Å². The predicted molar refractivity (Wildman–Crippen MR) is 82.6 cm³/mol. The number of amides is 1. The Labute approximate surface area is 128 Å². The van der Waals surface area contributed by atoms with Crippen molar-refractivity contribution < 1.29 is 4.79 Å². The maximum absolute atomic E-state index is 12.5. The summed E-state index contributed by atoms with van der Waals surface area (Å²) in [7, 11) is 0. The molecule has 3 rings (SSSR count). The van der Waals surface area contributed by atoms with Crippen LogP contribution in [0.4, 0.5) is 0 Å². The molecule has 0 radical (unpaired) electrons. The number of aromatic nitrogens is 4. The topological polar surface area (TPSA) is 72.2 Å². The van der Waals surface area contributed by atoms with Crippen LogP contribution in [-0.4, -0.2) is 25.5 Å². The van der Waals surface area contributed by atoms with Crippen LogP contribution in [0.5, 0.6) is 0 Å². The van der Waals surface area contributed by atoms with Gasteiger partial charge in [-0.1, -0.05) is 0 Å². The van der Waals surface area contributed by atoms with Crippen LogP contribution in [0.3, 0.4) is 0 Å². The Morgan fingerprint density at radius 3 is 2.73 bits per heavy atom. The molecule has 3 aromatic rings. The van der Waals surface area contributed by atoms with Crippen LogP contribution in [-0.2, 0) is 0 Å². The van der Waals surface area contributed by atoms with Gasteiger partial charge in [0.2, 0.25) is 0 Å². The van der Waals surface area contributed by atoms with E-state index in [1.165, 1.54) is 0 Å². The third kappa shape index (κ3) is 2.55. The fraction of sp³-hybridized carbons (Fsp3) is 0.250. The summed E-state index contributed by atoms with van der Waals surface area (Å²) in [6.45, 7) is 5.78. The third-order valence-corrected chi connectivity index (χ3v) is 3.58. The van der Waals surface area contributed by atoms with Gasteiger partial charge in [0.05, 0.1) is 12.2 Å². The lowest BCUT2D eigenvalue weighted by atomic mass is 10.1. The van der Waals surface area contributed by atoms with E-state index in [0.29, 0.717) is 11.2 Å². The van der Waals surface area contributed by atoms with Crippen molar-refractivity contribution in [2.24, 2.45) is 0 Å². The lowest BCUT2D eigenvalue weighted by Crippen LogP contribution is -2.26. The third-order valence-electron chi connectivity index (χ3n) is 3.58. The normalized spacial score (nSPS) is 12.3. The van der Waals surface area contributed by atoms with Gasteiger partial charge in [0, 0.05) is 23.8 Å². The lowest BCUT2D eigenvalue weighted by Gasteiger charge is -2.13. The molecule has 6 nitrogen and oxygen atoms in total. The molecule has 3 aromatic heterocycles. The van der Waals surface area contributed by atoms with Crippen LogP contribution >= 0.6 is 0 Å². The molecule has 0 bridgehead atoms. The monoisotopic (exact) mass is 295 g/mol. The van der Waals surface area contributed by atoms with E-state index in [1.54, 1.807) is 23.1 Å². The lowest BCUT2D eigenvalue weighted by molar-refractivity contribution is 0.0941. The van der Waals surface area contributed by atoms with Crippen molar-refractivity contribution in [3.05, 3.63) is 59.3 Å². The van der Waals surface area contributed by atoms with Crippen LogP contribution in [0.15, 0.2) is 36.8 Å². The second kappa shape index (κ2) is 5.55. The van der Waals surface area contributed by atoms with Gasteiger partial charge in [-0.15, -0.1) is 0 Å². The largest absolute Gasteiger partial charge is 0.345 e. The summed E-state index contributed by atoms with van der Waals surface area (Å²) in [4.78, 5) is 20.9. The maximum Gasteiger partial charge on any atom is 0.257 e. The number of fused-ring (bicyclic) bond motifs is 1. The van der Waals surface area contributed by atoms with Crippen LogP contribution in [0.1, 0.15) is 40.3 Å². The highest BCUT2D eigenvalue weighted by atomic mass is 16.1. The zero-order valence-electron chi connectivity index (χ0n) is 12.7. The van der Waals surface area contributed by atoms with Gasteiger partial charge in [-0.05, 0) is 44.5 Å². The first kappa shape index (κ1) is 14.2. The van der Waals surface area contributed by atoms with E-state index < -0.39 is 0 Å². The highest BCUT2D eigenvalue weighted by Crippen LogP contribution is 2.15. The van der Waals surface area contributed by atoms with Crippen molar-refractivity contribution >= 4 is 11.6 Å². The number of rotatable bonds is 3. The molecule has 0 saturated carbocycles. The van der Waals surface area contributed by atoms with Gasteiger partial charge in [-0.3, -0.25) is 9.78 Å². The highest BCUT2D eigenvalue weighted by Gasteiger charge is 2.17. The van der Waals surface area contributed by atoms with E-state index in [1.807, 2.05) is 39.0 Å². The molecule has 0 fully saturated rings. The average molecular weight is 295 g/mol. The number of carbonyl (C=O) groups is 1. The molecule has 0 aliphatic carbocycles. The molecule has 0 aliphatic heterocycles. The molecule has 22 heavy (non-hydrogen) atoms. The van der Waals surface area contributed by atoms with Gasteiger partial charge in [0.25, 0.3) is 5.91 Å². The van der Waals surface area contributed by atoms with E-state index in [4.69, 9.17) is 0 Å². The summed E-state index contributed by atoms with van der Waals surface area (Å²) in [6, 6.07) is 5.58. The fourth-order valence-electron chi connectivity index (χ4n) is 2.44. The van der Waals surface area contributed by atoms with Crippen molar-refractivity contribution in [1.82, 2.24) is 24.9 Å². The van der Waals surface area contributed by atoms with Crippen molar-refractivity contribution in [3.63, 3.8) is 0 Å². The summed E-state index contributed by atoms with van der Waals surface area (Å²) < 4.78 is 1.68. The molecule has 0 spiro atoms. The number of nitrogens with one attached hydrogen (secondary N) is 1. The molecular formula is C16H17N5O. The van der Waals surface area contributed by atoms with E-state index in [-0.39, 0.29) is 11.9 Å². The second-order valence-electron chi connectivity index (χ2n) is 5.31. The SMILES string of the molecule is Cc1cc(C)n2ncc(C(=O)N[C@H](C)c3ccncc3)c2n1. The van der Waals surface area contributed by atoms with Crippen molar-refractivity contribution in [2.45, 2.75) is 26.8 Å². The van der Waals surface area contributed by atoms with E-state index in [9.17, 15) is 4.79 Å². The summed E-state index contributed by atoms with van der Waals surface area (Å²) >= 11 is 0. The Morgan fingerprint density at radius 1 is 1.27 bits per heavy atom. The molecule has 0 unspecified atom stereocenters. The van der Waals surface area contributed by atoms with Crippen molar-refractivity contribution in [3.8, 4) is 0 Å². The molecule has 6 heteroatoms. The minimum absolute atomic E-state index is 0.114.